The summed E-state index contributed by atoms with van der Waals surface area (Å²) in [5, 5.41) is 3.26. The van der Waals surface area contributed by atoms with Crippen LogP contribution in [0.5, 0.6) is 0 Å². The van der Waals surface area contributed by atoms with Crippen molar-refractivity contribution in [3.05, 3.63) is 78.5 Å². The zero-order chi connectivity index (χ0) is 20.7. The minimum atomic E-state index is -3.49. The van der Waals surface area contributed by atoms with Gasteiger partial charge in [-0.25, -0.2) is 8.42 Å². The smallest absolute Gasteiger partial charge is 0.243 e. The van der Waals surface area contributed by atoms with Crippen LogP contribution >= 0.6 is 0 Å². The molecule has 4 aromatic rings. The Bertz CT molecular complexity index is 1320. The molecule has 3 aromatic carbocycles. The minimum Gasteiger partial charge on any atom is -0.348 e. The normalized spacial score (nSPS) is 17.8. The van der Waals surface area contributed by atoms with Crippen LogP contribution in [0.25, 0.3) is 21.7 Å². The molecule has 0 amide bonds. The molecule has 0 radical (unpaired) electrons. The van der Waals surface area contributed by atoms with E-state index in [-0.39, 0.29) is 6.04 Å². The number of nitrogens with zero attached hydrogens (tertiary/aromatic N) is 2. The van der Waals surface area contributed by atoms with Crippen LogP contribution in [0.15, 0.2) is 77.7 Å². The summed E-state index contributed by atoms with van der Waals surface area (Å²) in [6, 6.07) is 24.0. The monoisotopic (exact) mass is 418 g/mol. The minimum absolute atomic E-state index is 0.0551. The highest BCUT2D eigenvalue weighted by Crippen LogP contribution is 2.31. The largest absolute Gasteiger partial charge is 0.348 e. The third-order valence-corrected chi connectivity index (χ3v) is 8.38. The van der Waals surface area contributed by atoms with Gasteiger partial charge in [0.15, 0.2) is 0 Å². The van der Waals surface area contributed by atoms with Crippen molar-refractivity contribution in [2.75, 3.05) is 6.54 Å². The molecule has 1 aliphatic heterocycles. The Hall–Kier alpha value is -2.63. The van der Waals surface area contributed by atoms with E-state index in [2.05, 4.69) is 41.9 Å². The molecule has 1 aromatic heterocycles. The van der Waals surface area contributed by atoms with Crippen molar-refractivity contribution in [3.8, 4) is 0 Å². The quantitative estimate of drug-likeness (QED) is 0.452. The number of hydrogen-bond donors (Lipinski definition) is 0. The molecule has 1 atom stereocenters. The Morgan fingerprint density at radius 1 is 0.900 bits per heavy atom. The van der Waals surface area contributed by atoms with Gasteiger partial charge in [0.2, 0.25) is 10.0 Å². The molecular formula is C25H26N2O2S. The Labute approximate surface area is 177 Å². The van der Waals surface area contributed by atoms with Crippen molar-refractivity contribution in [2.24, 2.45) is 7.05 Å². The number of hydrogen-bond acceptors (Lipinski definition) is 2. The van der Waals surface area contributed by atoms with Gasteiger partial charge in [0.05, 0.1) is 4.90 Å². The lowest BCUT2D eigenvalue weighted by Crippen LogP contribution is -2.35. The van der Waals surface area contributed by atoms with Crippen molar-refractivity contribution in [1.29, 1.82) is 0 Å². The van der Waals surface area contributed by atoms with Crippen molar-refractivity contribution in [3.63, 3.8) is 0 Å². The van der Waals surface area contributed by atoms with Gasteiger partial charge in [0, 0.05) is 30.8 Å². The van der Waals surface area contributed by atoms with Gasteiger partial charge in [-0.05, 0) is 66.1 Å². The topological polar surface area (TPSA) is 42.3 Å². The van der Waals surface area contributed by atoms with Crippen molar-refractivity contribution >= 4 is 31.7 Å². The molecule has 2 heterocycles. The molecular weight excluding hydrogens is 392 g/mol. The fourth-order valence-corrected chi connectivity index (χ4v) is 6.54. The molecule has 1 aliphatic rings. The zero-order valence-electron chi connectivity index (χ0n) is 17.2. The summed E-state index contributed by atoms with van der Waals surface area (Å²) >= 11 is 0. The molecule has 5 rings (SSSR count). The van der Waals surface area contributed by atoms with Gasteiger partial charge in [-0.3, -0.25) is 0 Å². The summed E-state index contributed by atoms with van der Waals surface area (Å²) in [5.74, 6) is 0. The maximum atomic E-state index is 13.4. The second-order valence-corrected chi connectivity index (χ2v) is 10.1. The second-order valence-electron chi connectivity index (χ2n) is 8.21. The Morgan fingerprint density at radius 3 is 2.43 bits per heavy atom. The summed E-state index contributed by atoms with van der Waals surface area (Å²) in [4.78, 5) is 0.401. The number of sulfonamides is 1. The summed E-state index contributed by atoms with van der Waals surface area (Å²) < 4.78 is 30.8. The highest BCUT2D eigenvalue weighted by atomic mass is 32.2. The lowest BCUT2D eigenvalue weighted by Gasteiger charge is -2.24. The summed E-state index contributed by atoms with van der Waals surface area (Å²) in [5.41, 5.74) is 2.48. The average Bonchev–Trinajstić information content (AvgIpc) is 3.37. The third-order valence-electron chi connectivity index (χ3n) is 6.44. The van der Waals surface area contributed by atoms with Gasteiger partial charge in [-0.2, -0.15) is 4.31 Å². The molecule has 0 N–H and O–H groups in total. The fourth-order valence-electron chi connectivity index (χ4n) is 4.78. The molecule has 0 saturated carbocycles. The molecule has 0 bridgehead atoms. The number of para-hydroxylation sites is 1. The van der Waals surface area contributed by atoms with Crippen molar-refractivity contribution < 1.29 is 8.42 Å². The number of aromatic nitrogens is 1. The molecule has 0 unspecified atom stereocenters. The first-order valence-corrected chi connectivity index (χ1v) is 12.0. The molecule has 5 heteroatoms. The molecule has 0 aliphatic carbocycles. The van der Waals surface area contributed by atoms with Crippen molar-refractivity contribution in [2.45, 2.75) is 36.6 Å². The van der Waals surface area contributed by atoms with Crippen LogP contribution in [0.3, 0.4) is 0 Å². The van der Waals surface area contributed by atoms with Gasteiger partial charge in [-0.15, -0.1) is 0 Å². The molecule has 4 nitrogen and oxygen atoms in total. The lowest BCUT2D eigenvalue weighted by molar-refractivity contribution is 0.369. The van der Waals surface area contributed by atoms with Crippen LogP contribution < -0.4 is 0 Å². The number of fused-ring (bicyclic) bond motifs is 2. The fraction of sp³-hybridized carbons (Fsp3) is 0.280. The van der Waals surface area contributed by atoms with E-state index >= 15 is 0 Å². The van der Waals surface area contributed by atoms with Gasteiger partial charge in [-0.1, -0.05) is 48.5 Å². The van der Waals surface area contributed by atoms with E-state index in [1.807, 2.05) is 36.4 Å². The Morgan fingerprint density at radius 2 is 1.63 bits per heavy atom. The van der Waals surface area contributed by atoms with E-state index in [0.29, 0.717) is 11.4 Å². The molecule has 1 fully saturated rings. The summed E-state index contributed by atoms with van der Waals surface area (Å²) in [7, 11) is -1.40. The summed E-state index contributed by atoms with van der Waals surface area (Å²) in [6.45, 7) is 0.606. The van der Waals surface area contributed by atoms with E-state index in [4.69, 9.17) is 0 Å². The molecule has 0 spiro atoms. The first-order valence-electron chi connectivity index (χ1n) is 10.6. The number of rotatable bonds is 5. The van der Waals surface area contributed by atoms with E-state index in [0.717, 1.165) is 36.5 Å². The maximum absolute atomic E-state index is 13.4. The highest BCUT2D eigenvalue weighted by Gasteiger charge is 2.35. The van der Waals surface area contributed by atoms with Gasteiger partial charge < -0.3 is 4.57 Å². The SMILES string of the molecule is Cn1c(CC[C@@H]2CCCN2S(=O)(=O)c2ccc3ccccc3c2)cc2ccccc21. The second kappa shape index (κ2) is 7.56. The summed E-state index contributed by atoms with van der Waals surface area (Å²) in [6.07, 6.45) is 3.57. The highest BCUT2D eigenvalue weighted by molar-refractivity contribution is 7.89. The van der Waals surface area contributed by atoms with E-state index in [1.54, 1.807) is 10.4 Å². The Kier molecular flexibility index (Phi) is 4.88. The standard InChI is InChI=1S/C25H26N2O2S/c1-26-23(17-21-9-4-5-11-25(21)26)14-13-22-10-6-16-27(22)30(28,29)24-15-12-19-7-2-3-8-20(19)18-24/h2-5,7-9,11-12,15,17-18,22H,6,10,13-14,16H2,1H3/t22-/m0/s1. The predicted octanol–water partition coefficient (Wildman–Crippen LogP) is 5.12. The van der Waals surface area contributed by atoms with Crippen LogP contribution in [0, 0.1) is 0 Å². The van der Waals surface area contributed by atoms with Crippen LogP contribution in [0.2, 0.25) is 0 Å². The van der Waals surface area contributed by atoms with Crippen LogP contribution in [-0.4, -0.2) is 29.9 Å². The zero-order valence-corrected chi connectivity index (χ0v) is 18.0. The number of aryl methyl sites for hydroxylation is 2. The van der Waals surface area contributed by atoms with E-state index in [1.165, 1.54) is 16.6 Å². The van der Waals surface area contributed by atoms with Crippen molar-refractivity contribution in [1.82, 2.24) is 8.87 Å². The first-order chi connectivity index (χ1) is 14.5. The van der Waals surface area contributed by atoms with E-state index < -0.39 is 10.0 Å². The van der Waals surface area contributed by atoms with Gasteiger partial charge in [0.1, 0.15) is 0 Å². The maximum Gasteiger partial charge on any atom is 0.243 e. The molecule has 154 valence electrons. The molecule has 1 saturated heterocycles. The lowest BCUT2D eigenvalue weighted by atomic mass is 10.1. The van der Waals surface area contributed by atoms with Crippen LogP contribution in [0.4, 0.5) is 0 Å². The number of benzene rings is 3. The first kappa shape index (κ1) is 19.3. The van der Waals surface area contributed by atoms with Gasteiger partial charge >= 0.3 is 0 Å². The Balaban J connectivity index is 1.38. The predicted molar refractivity (Wildman–Crippen MR) is 122 cm³/mol. The average molecular weight is 419 g/mol. The third kappa shape index (κ3) is 3.32. The van der Waals surface area contributed by atoms with Gasteiger partial charge in [0.25, 0.3) is 0 Å². The van der Waals surface area contributed by atoms with Crippen LogP contribution in [-0.2, 0) is 23.5 Å². The van der Waals surface area contributed by atoms with E-state index in [9.17, 15) is 8.42 Å². The van der Waals surface area contributed by atoms with Crippen LogP contribution in [0.1, 0.15) is 25.0 Å². The molecule has 30 heavy (non-hydrogen) atoms.